The van der Waals surface area contributed by atoms with Gasteiger partial charge in [-0.3, -0.25) is 0 Å². The van der Waals surface area contributed by atoms with E-state index in [2.05, 4.69) is 26.8 Å². The number of hydrogen-bond acceptors (Lipinski definition) is 24. The standard InChI is InChI=1S/C50H80O24/c1-18-16-66-50(12-24(18)54)19(2)32-28(74-50)10-23-21-6-5-20-9-27(25(55)11-49(20,4)22(21)7-8-48(23,32)3)67-44-39(63)37(61)41(31(15-53)70-44)71-46-40(64)42(35(59)30(14-52)69-46)72-47-43(33(57)26(56)17-65-47)73-45-38(62)36(60)34(58)29(13-51)68-45/h5,18-19,21-47,51-64H,6-17H2,1-4H3/t18-,19+,21-,22-,23+,24+,25+,26+,27+,28+,29+,30+,31+,32+,33-,34+,35+,36-,37+,38+,39+,40+,41+,42-,43+,44+,45-,46-,47-,48-,49-,50-/m1/s1. The van der Waals surface area contributed by atoms with Gasteiger partial charge in [-0.15, -0.1) is 0 Å². The van der Waals surface area contributed by atoms with Crippen LogP contribution >= 0.6 is 0 Å². The number of aliphatic hydroxyl groups is 14. The van der Waals surface area contributed by atoms with Crippen LogP contribution in [0.2, 0.25) is 0 Å². The van der Waals surface area contributed by atoms with E-state index in [0.29, 0.717) is 43.6 Å². The van der Waals surface area contributed by atoms with Crippen molar-refractivity contribution in [1.82, 2.24) is 0 Å². The third kappa shape index (κ3) is 9.37. The van der Waals surface area contributed by atoms with Crippen LogP contribution in [0.5, 0.6) is 0 Å². The molecule has 14 N–H and O–H groups in total. The molecule has 10 aliphatic rings. The molecule has 4 aliphatic carbocycles. The Morgan fingerprint density at radius 1 is 0.595 bits per heavy atom. The molecule has 6 aliphatic heterocycles. The fourth-order valence-electron chi connectivity index (χ4n) is 15.3. The minimum absolute atomic E-state index is 0.0206. The highest BCUT2D eigenvalue weighted by atomic mass is 16.8. The summed E-state index contributed by atoms with van der Waals surface area (Å²) in [6.45, 7) is 6.29. The first-order chi connectivity index (χ1) is 35.1. The molecule has 24 heteroatoms. The van der Waals surface area contributed by atoms with E-state index in [0.717, 1.165) is 31.3 Å². The summed E-state index contributed by atoms with van der Waals surface area (Å²) in [7, 11) is 0. The molecule has 6 saturated heterocycles. The molecule has 0 aromatic carbocycles. The topological polar surface area (TPSA) is 376 Å². The molecule has 3 saturated carbocycles. The van der Waals surface area contributed by atoms with E-state index >= 15 is 0 Å². The number of ether oxygens (including phenoxy) is 10. The molecular formula is C50H80O24. The van der Waals surface area contributed by atoms with E-state index in [1.807, 2.05) is 6.92 Å². The smallest absolute Gasteiger partial charge is 0.187 e. The van der Waals surface area contributed by atoms with Crippen molar-refractivity contribution in [2.24, 2.45) is 46.3 Å². The third-order valence-electron chi connectivity index (χ3n) is 19.6. The number of hydrogen-bond donors (Lipinski definition) is 14. The SMILES string of the molecule is C[C@@H]1CO[C@]2(C[C@@H]1O)O[C@H]1C[C@H]3[C@@H]4CC=C5C[C@H](O[C@H]6O[C@@H](CO)[C@H](O[C@H]7O[C@@H](CO)[C@H](O)[C@@H](O[C@H]8OC[C@H](O)[C@@H](O)[C@@H]8O[C@H]8O[C@@H](CO)[C@H](O)[C@@H](O)[C@@H]8O)[C@@H]7O)[C@@H](O)[C@@H]6O)[C@@H](O)C[C@@]5(C)[C@@H]4CC[C@@]3(C)[C@H]1[C@@H]2C. The molecule has 0 bridgehead atoms. The van der Waals surface area contributed by atoms with Gasteiger partial charge in [-0.1, -0.05) is 39.3 Å². The summed E-state index contributed by atoms with van der Waals surface area (Å²) in [6.07, 6.45) is -28.5. The van der Waals surface area contributed by atoms with E-state index in [9.17, 15) is 71.5 Å². The molecule has 0 aromatic rings. The molecule has 0 unspecified atom stereocenters. The van der Waals surface area contributed by atoms with E-state index < -0.39 is 167 Å². The lowest BCUT2D eigenvalue weighted by molar-refractivity contribution is -0.390. The van der Waals surface area contributed by atoms with Crippen LogP contribution in [-0.2, 0) is 47.4 Å². The van der Waals surface area contributed by atoms with Crippen molar-refractivity contribution in [3.8, 4) is 0 Å². The highest BCUT2D eigenvalue weighted by molar-refractivity contribution is 5.27. The van der Waals surface area contributed by atoms with Crippen LogP contribution in [-0.4, -0.2) is 251 Å². The first kappa shape index (κ1) is 56.1. The van der Waals surface area contributed by atoms with Crippen LogP contribution < -0.4 is 0 Å². The lowest BCUT2D eigenvalue weighted by Crippen LogP contribution is -2.67. The molecule has 0 aromatic heterocycles. The number of fused-ring (bicyclic) bond motifs is 7. The van der Waals surface area contributed by atoms with Crippen molar-refractivity contribution in [2.75, 3.05) is 33.0 Å². The summed E-state index contributed by atoms with van der Waals surface area (Å²) in [5.74, 6) is 0.766. The first-order valence-electron chi connectivity index (χ1n) is 26.6. The van der Waals surface area contributed by atoms with Gasteiger partial charge in [0.15, 0.2) is 30.9 Å². The Labute approximate surface area is 428 Å². The normalized spacial score (nSPS) is 57.5. The van der Waals surface area contributed by atoms with Crippen LogP contribution in [0.3, 0.4) is 0 Å². The lowest BCUT2D eigenvalue weighted by Gasteiger charge is -2.59. The second kappa shape index (κ2) is 21.4. The van der Waals surface area contributed by atoms with Gasteiger partial charge in [0.2, 0.25) is 0 Å². The quantitative estimate of drug-likeness (QED) is 0.0869. The Morgan fingerprint density at radius 2 is 1.22 bits per heavy atom. The summed E-state index contributed by atoms with van der Waals surface area (Å²) in [4.78, 5) is 0. The summed E-state index contributed by atoms with van der Waals surface area (Å²) >= 11 is 0. The van der Waals surface area contributed by atoms with Gasteiger partial charge in [0.25, 0.3) is 0 Å². The Hall–Kier alpha value is -1.22. The van der Waals surface area contributed by atoms with Gasteiger partial charge in [-0.25, -0.2) is 0 Å². The maximum atomic E-state index is 11.9. The van der Waals surface area contributed by atoms with E-state index in [1.54, 1.807) is 0 Å². The molecule has 1 spiro atoms. The zero-order valence-electron chi connectivity index (χ0n) is 42.1. The van der Waals surface area contributed by atoms with Gasteiger partial charge in [-0.05, 0) is 73.0 Å². The van der Waals surface area contributed by atoms with Crippen molar-refractivity contribution in [3.05, 3.63) is 11.6 Å². The first-order valence-corrected chi connectivity index (χ1v) is 26.6. The minimum atomic E-state index is -2.02. The van der Waals surface area contributed by atoms with Crippen molar-refractivity contribution < 1.29 is 119 Å². The molecule has 24 nitrogen and oxygen atoms in total. The number of aliphatic hydroxyl groups excluding tert-OH is 14. The molecule has 424 valence electrons. The van der Waals surface area contributed by atoms with E-state index in [1.165, 1.54) is 0 Å². The molecule has 9 fully saturated rings. The second-order valence-electron chi connectivity index (χ2n) is 23.7. The number of rotatable bonds is 11. The highest BCUT2D eigenvalue weighted by Crippen LogP contribution is 2.71. The average molecular weight is 1070 g/mol. The van der Waals surface area contributed by atoms with Crippen molar-refractivity contribution in [2.45, 2.75) is 220 Å². The Balaban J connectivity index is 0.785. The fourth-order valence-corrected chi connectivity index (χ4v) is 15.3. The van der Waals surface area contributed by atoms with Crippen LogP contribution in [0, 0.1) is 46.3 Å². The third-order valence-corrected chi connectivity index (χ3v) is 19.6. The highest BCUT2D eigenvalue weighted by Gasteiger charge is 2.70. The fraction of sp³-hybridized carbons (Fsp3) is 0.960. The van der Waals surface area contributed by atoms with Gasteiger partial charge in [-0.2, -0.15) is 0 Å². The maximum Gasteiger partial charge on any atom is 0.187 e. The number of allylic oxidation sites excluding steroid dienone is 1. The van der Waals surface area contributed by atoms with Crippen LogP contribution in [0.1, 0.15) is 72.6 Å². The molecule has 10 rings (SSSR count). The van der Waals surface area contributed by atoms with Crippen molar-refractivity contribution >= 4 is 0 Å². The lowest BCUT2D eigenvalue weighted by atomic mass is 9.46. The van der Waals surface area contributed by atoms with Gasteiger partial charge in [0.1, 0.15) is 91.6 Å². The zero-order chi connectivity index (χ0) is 53.1. The molecule has 0 radical (unpaired) electrons. The maximum absolute atomic E-state index is 11.9. The Bertz CT molecular complexity index is 1970. The van der Waals surface area contributed by atoms with E-state index in [-0.39, 0.29) is 34.7 Å². The van der Waals surface area contributed by atoms with E-state index in [4.69, 9.17) is 47.4 Å². The molecular weight excluding hydrogens is 985 g/mol. The molecule has 0 amide bonds. The molecule has 74 heavy (non-hydrogen) atoms. The molecule has 32 atom stereocenters. The average Bonchev–Trinajstić information content (AvgIpc) is 3.86. The summed E-state index contributed by atoms with van der Waals surface area (Å²) in [5.41, 5.74) is 0.818. The van der Waals surface area contributed by atoms with Gasteiger partial charge >= 0.3 is 0 Å². The summed E-state index contributed by atoms with van der Waals surface area (Å²) in [5, 5.41) is 152. The van der Waals surface area contributed by atoms with Crippen LogP contribution in [0.15, 0.2) is 11.6 Å². The Kier molecular flexibility index (Phi) is 16.2. The van der Waals surface area contributed by atoms with Crippen LogP contribution in [0.25, 0.3) is 0 Å². The van der Waals surface area contributed by atoms with Gasteiger partial charge < -0.3 is 119 Å². The predicted molar refractivity (Wildman–Crippen MR) is 245 cm³/mol. The second-order valence-corrected chi connectivity index (χ2v) is 23.7. The van der Waals surface area contributed by atoms with Crippen LogP contribution in [0.4, 0.5) is 0 Å². The predicted octanol–water partition coefficient (Wildman–Crippen LogP) is -4.41. The summed E-state index contributed by atoms with van der Waals surface area (Å²) < 4.78 is 59.9. The van der Waals surface area contributed by atoms with Crippen molar-refractivity contribution in [3.63, 3.8) is 0 Å². The zero-order valence-corrected chi connectivity index (χ0v) is 42.1. The molecule has 6 heterocycles. The summed E-state index contributed by atoms with van der Waals surface area (Å²) in [6, 6.07) is 0. The van der Waals surface area contributed by atoms with Crippen molar-refractivity contribution in [1.29, 1.82) is 0 Å². The largest absolute Gasteiger partial charge is 0.394 e. The minimum Gasteiger partial charge on any atom is -0.394 e. The van der Waals surface area contributed by atoms with Gasteiger partial charge in [0, 0.05) is 18.3 Å². The Morgan fingerprint density at radius 3 is 1.91 bits per heavy atom. The van der Waals surface area contributed by atoms with Gasteiger partial charge in [0.05, 0.1) is 57.5 Å². The monoisotopic (exact) mass is 1060 g/mol.